The third-order valence-electron chi connectivity index (χ3n) is 2.09. The van der Waals surface area contributed by atoms with Crippen LogP contribution in [0.15, 0.2) is 0 Å². The van der Waals surface area contributed by atoms with Gasteiger partial charge in [0, 0.05) is 19.7 Å². The normalized spacial score (nSPS) is 14.2. The van der Waals surface area contributed by atoms with Crippen molar-refractivity contribution in [3.05, 3.63) is 0 Å². The lowest BCUT2D eigenvalue weighted by atomic mass is 10.1. The molecule has 0 aromatic carbocycles. The largest absolute Gasteiger partial charge is 0.393 e. The fraction of sp³-hybridized carbons (Fsp3) is 0.909. The molecule has 0 spiro atoms. The van der Waals surface area contributed by atoms with Gasteiger partial charge in [-0.05, 0) is 26.2 Å². The predicted octanol–water partition coefficient (Wildman–Crippen LogP) is 0.729. The van der Waals surface area contributed by atoms with E-state index in [1.54, 1.807) is 6.92 Å². The Labute approximate surface area is 97.6 Å². The monoisotopic (exact) mass is 232 g/mol. The molecule has 0 fully saturated rings. The SMILES string of the molecule is CCOCCNC(=O)NCC(C)CC(C)O. The average molecular weight is 232 g/mol. The molecule has 2 atom stereocenters. The number of hydrogen-bond donors (Lipinski definition) is 3. The first-order valence-corrected chi connectivity index (χ1v) is 5.83. The number of amides is 2. The van der Waals surface area contributed by atoms with Crippen molar-refractivity contribution in [3.8, 4) is 0 Å². The van der Waals surface area contributed by atoms with Gasteiger partial charge in [-0.2, -0.15) is 0 Å². The molecule has 0 rings (SSSR count). The third kappa shape index (κ3) is 9.73. The van der Waals surface area contributed by atoms with Crippen molar-refractivity contribution in [3.63, 3.8) is 0 Å². The van der Waals surface area contributed by atoms with Gasteiger partial charge in [0.05, 0.1) is 12.7 Å². The molecule has 16 heavy (non-hydrogen) atoms. The Morgan fingerprint density at radius 3 is 2.62 bits per heavy atom. The molecule has 0 radical (unpaired) electrons. The molecule has 0 bridgehead atoms. The first-order valence-electron chi connectivity index (χ1n) is 5.83. The van der Waals surface area contributed by atoms with Crippen LogP contribution in [0.2, 0.25) is 0 Å². The first kappa shape index (κ1) is 15.2. The molecule has 0 aliphatic heterocycles. The highest BCUT2D eigenvalue weighted by atomic mass is 16.5. The number of aliphatic hydroxyl groups excluding tert-OH is 1. The number of carbonyl (C=O) groups is 1. The predicted molar refractivity (Wildman–Crippen MR) is 63.4 cm³/mol. The van der Waals surface area contributed by atoms with Gasteiger partial charge < -0.3 is 20.5 Å². The van der Waals surface area contributed by atoms with Crippen LogP contribution in [-0.2, 0) is 4.74 Å². The van der Waals surface area contributed by atoms with Gasteiger partial charge in [-0.25, -0.2) is 4.79 Å². The van der Waals surface area contributed by atoms with Crippen LogP contribution >= 0.6 is 0 Å². The van der Waals surface area contributed by atoms with E-state index >= 15 is 0 Å². The summed E-state index contributed by atoms with van der Waals surface area (Å²) in [5, 5.41) is 14.6. The number of rotatable bonds is 8. The van der Waals surface area contributed by atoms with Crippen LogP contribution in [0.25, 0.3) is 0 Å². The van der Waals surface area contributed by atoms with Gasteiger partial charge in [0.1, 0.15) is 0 Å². The molecule has 2 unspecified atom stereocenters. The Hall–Kier alpha value is -0.810. The van der Waals surface area contributed by atoms with E-state index in [1.807, 2.05) is 13.8 Å². The minimum atomic E-state index is -0.321. The Balaban J connectivity index is 3.42. The van der Waals surface area contributed by atoms with Gasteiger partial charge in [0.2, 0.25) is 0 Å². The van der Waals surface area contributed by atoms with E-state index in [9.17, 15) is 4.79 Å². The van der Waals surface area contributed by atoms with E-state index in [2.05, 4.69) is 10.6 Å². The fourth-order valence-electron chi connectivity index (χ4n) is 1.38. The molecule has 3 N–H and O–H groups in total. The zero-order chi connectivity index (χ0) is 12.4. The summed E-state index contributed by atoms with van der Waals surface area (Å²) in [5.41, 5.74) is 0. The number of hydrogen-bond acceptors (Lipinski definition) is 3. The Kier molecular flexibility index (Phi) is 8.94. The maximum absolute atomic E-state index is 11.3. The quantitative estimate of drug-likeness (QED) is 0.540. The Morgan fingerprint density at radius 1 is 1.38 bits per heavy atom. The van der Waals surface area contributed by atoms with Gasteiger partial charge in [-0.3, -0.25) is 0 Å². The van der Waals surface area contributed by atoms with Gasteiger partial charge in [-0.1, -0.05) is 6.92 Å². The number of nitrogens with one attached hydrogen (secondary N) is 2. The number of ether oxygens (including phenoxy) is 1. The summed E-state index contributed by atoms with van der Waals surface area (Å²) in [6, 6.07) is -0.183. The molecule has 0 saturated heterocycles. The van der Waals surface area contributed by atoms with Crippen molar-refractivity contribution in [2.45, 2.75) is 33.3 Å². The summed E-state index contributed by atoms with van der Waals surface area (Å²) in [6.07, 6.45) is 0.372. The van der Waals surface area contributed by atoms with E-state index in [1.165, 1.54) is 0 Å². The van der Waals surface area contributed by atoms with Crippen molar-refractivity contribution < 1.29 is 14.6 Å². The van der Waals surface area contributed by atoms with Crippen molar-refractivity contribution >= 4 is 6.03 Å². The maximum atomic E-state index is 11.3. The number of carbonyl (C=O) groups excluding carboxylic acids is 1. The zero-order valence-corrected chi connectivity index (χ0v) is 10.5. The molecule has 96 valence electrons. The van der Waals surface area contributed by atoms with Gasteiger partial charge >= 0.3 is 6.03 Å². The lowest BCUT2D eigenvalue weighted by Gasteiger charge is -2.14. The van der Waals surface area contributed by atoms with Gasteiger partial charge in [0.15, 0.2) is 0 Å². The highest BCUT2D eigenvalue weighted by molar-refractivity contribution is 5.73. The molecule has 0 heterocycles. The van der Waals surface area contributed by atoms with Crippen LogP contribution in [0, 0.1) is 5.92 Å². The van der Waals surface area contributed by atoms with Gasteiger partial charge in [0.25, 0.3) is 0 Å². The van der Waals surface area contributed by atoms with Crippen molar-refractivity contribution in [1.82, 2.24) is 10.6 Å². The molecule has 0 aliphatic rings. The second kappa shape index (κ2) is 9.42. The third-order valence-corrected chi connectivity index (χ3v) is 2.09. The molecular formula is C11H24N2O3. The van der Waals surface area contributed by atoms with Crippen molar-refractivity contribution in [2.24, 2.45) is 5.92 Å². The Morgan fingerprint density at radius 2 is 2.06 bits per heavy atom. The van der Waals surface area contributed by atoms with Crippen LogP contribution < -0.4 is 10.6 Å². The summed E-state index contributed by atoms with van der Waals surface area (Å²) in [4.78, 5) is 11.3. The van der Waals surface area contributed by atoms with Crippen LogP contribution in [0.4, 0.5) is 4.79 Å². The van der Waals surface area contributed by atoms with Crippen LogP contribution in [0.1, 0.15) is 27.2 Å². The van der Waals surface area contributed by atoms with E-state index in [0.29, 0.717) is 32.7 Å². The van der Waals surface area contributed by atoms with Crippen LogP contribution in [0.3, 0.4) is 0 Å². The molecule has 0 aromatic heterocycles. The molecule has 0 aromatic rings. The molecular weight excluding hydrogens is 208 g/mol. The average Bonchev–Trinajstić information content (AvgIpc) is 2.20. The maximum Gasteiger partial charge on any atom is 0.314 e. The summed E-state index contributed by atoms with van der Waals surface area (Å²) >= 11 is 0. The fourth-order valence-corrected chi connectivity index (χ4v) is 1.38. The van der Waals surface area contributed by atoms with Crippen LogP contribution in [0.5, 0.6) is 0 Å². The molecule has 5 nitrogen and oxygen atoms in total. The zero-order valence-electron chi connectivity index (χ0n) is 10.5. The van der Waals surface area contributed by atoms with Crippen molar-refractivity contribution in [1.29, 1.82) is 0 Å². The highest BCUT2D eigenvalue weighted by Gasteiger charge is 2.07. The molecule has 0 saturated carbocycles. The summed E-state index contributed by atoms with van der Waals surface area (Å²) < 4.78 is 5.09. The van der Waals surface area contributed by atoms with Crippen LogP contribution in [-0.4, -0.2) is 43.5 Å². The van der Waals surface area contributed by atoms with Gasteiger partial charge in [-0.15, -0.1) is 0 Å². The standard InChI is InChI=1S/C11H24N2O3/c1-4-16-6-5-12-11(15)13-8-9(2)7-10(3)14/h9-10,14H,4-8H2,1-3H3,(H2,12,13,15). The number of aliphatic hydroxyl groups is 1. The molecule has 2 amide bonds. The molecule has 0 aliphatic carbocycles. The molecule has 5 heteroatoms. The summed E-state index contributed by atoms with van der Waals surface area (Å²) in [6.45, 7) is 7.95. The highest BCUT2D eigenvalue weighted by Crippen LogP contribution is 2.03. The second-order valence-electron chi connectivity index (χ2n) is 4.02. The lowest BCUT2D eigenvalue weighted by molar-refractivity contribution is 0.149. The van der Waals surface area contributed by atoms with E-state index < -0.39 is 0 Å². The van der Waals surface area contributed by atoms with E-state index in [0.717, 1.165) is 0 Å². The summed E-state index contributed by atoms with van der Waals surface area (Å²) in [7, 11) is 0. The Bertz CT molecular complexity index is 186. The second-order valence-corrected chi connectivity index (χ2v) is 4.02. The minimum Gasteiger partial charge on any atom is -0.393 e. The van der Waals surface area contributed by atoms with Crippen molar-refractivity contribution in [2.75, 3.05) is 26.3 Å². The lowest BCUT2D eigenvalue weighted by Crippen LogP contribution is -2.39. The number of urea groups is 1. The smallest absolute Gasteiger partial charge is 0.314 e. The first-order chi connectivity index (χ1) is 7.56. The topological polar surface area (TPSA) is 70.6 Å². The van der Waals surface area contributed by atoms with E-state index in [4.69, 9.17) is 9.84 Å². The summed E-state index contributed by atoms with van der Waals surface area (Å²) in [5.74, 6) is 0.276. The minimum absolute atomic E-state index is 0.183. The van der Waals surface area contributed by atoms with E-state index in [-0.39, 0.29) is 18.1 Å².